The molecule has 136 valence electrons. The summed E-state index contributed by atoms with van der Waals surface area (Å²) in [5.74, 6) is 0.757. The molecule has 3 aliphatic heterocycles. The van der Waals surface area contributed by atoms with E-state index in [1.165, 1.54) is 57.4 Å². The van der Waals surface area contributed by atoms with E-state index in [2.05, 4.69) is 45.4 Å². The van der Waals surface area contributed by atoms with Crippen molar-refractivity contribution in [2.45, 2.75) is 55.8 Å². The molecule has 3 heterocycles. The summed E-state index contributed by atoms with van der Waals surface area (Å²) in [6, 6.07) is 14.0. The lowest BCUT2D eigenvalue weighted by atomic mass is 9.98. The summed E-state index contributed by atoms with van der Waals surface area (Å²) < 4.78 is 5.53. The second-order valence-electron chi connectivity index (χ2n) is 8.46. The first-order valence-electron chi connectivity index (χ1n) is 10.2. The molecule has 0 spiro atoms. The van der Waals surface area contributed by atoms with Gasteiger partial charge in [0.1, 0.15) is 0 Å². The maximum Gasteiger partial charge on any atom is 0.0622 e. The second-order valence-corrected chi connectivity index (χ2v) is 8.46. The van der Waals surface area contributed by atoms with E-state index in [0.717, 1.165) is 37.3 Å². The highest BCUT2D eigenvalue weighted by Crippen LogP contribution is 2.41. The predicted octanol–water partition coefficient (Wildman–Crippen LogP) is 2.07. The summed E-state index contributed by atoms with van der Waals surface area (Å²) in [5, 5.41) is 3.94. The van der Waals surface area contributed by atoms with Crippen LogP contribution in [0.5, 0.6) is 0 Å². The van der Waals surface area contributed by atoms with E-state index in [1.807, 2.05) is 0 Å². The number of piperidine rings is 1. The van der Waals surface area contributed by atoms with Gasteiger partial charge in [0.05, 0.1) is 6.61 Å². The maximum absolute atomic E-state index is 5.53. The number of ether oxygens (including phenoxy) is 1. The minimum atomic E-state index is 0.709. The van der Waals surface area contributed by atoms with Crippen LogP contribution in [-0.4, -0.2) is 73.4 Å². The Labute approximate surface area is 151 Å². The van der Waals surface area contributed by atoms with Crippen LogP contribution in [0.4, 0.5) is 0 Å². The zero-order valence-electron chi connectivity index (χ0n) is 15.1. The molecule has 0 bridgehead atoms. The summed E-state index contributed by atoms with van der Waals surface area (Å²) in [6.07, 6.45) is 5.20. The van der Waals surface area contributed by atoms with E-state index in [9.17, 15) is 0 Å². The highest BCUT2D eigenvalue weighted by molar-refractivity contribution is 5.27. The number of likely N-dealkylation sites (tertiary alicyclic amines) is 2. The molecule has 0 amide bonds. The van der Waals surface area contributed by atoms with Crippen molar-refractivity contribution in [2.75, 3.05) is 39.4 Å². The average molecular weight is 341 g/mol. The Hall–Kier alpha value is -0.940. The zero-order chi connectivity index (χ0) is 16.6. The van der Waals surface area contributed by atoms with Crippen LogP contribution in [0.2, 0.25) is 0 Å². The molecule has 1 aliphatic carbocycles. The molecule has 0 aromatic heterocycles. The van der Waals surface area contributed by atoms with Crippen molar-refractivity contribution in [3.63, 3.8) is 0 Å². The minimum Gasteiger partial charge on any atom is -0.380 e. The fourth-order valence-electron chi connectivity index (χ4n) is 5.01. The molecule has 5 rings (SSSR count). The highest BCUT2D eigenvalue weighted by Gasteiger charge is 2.41. The van der Waals surface area contributed by atoms with Crippen LogP contribution >= 0.6 is 0 Å². The van der Waals surface area contributed by atoms with Gasteiger partial charge in [0.2, 0.25) is 0 Å². The van der Waals surface area contributed by atoms with Crippen LogP contribution in [-0.2, 0) is 4.74 Å². The van der Waals surface area contributed by atoms with Gasteiger partial charge in [-0.15, -0.1) is 0 Å². The number of nitrogens with zero attached hydrogens (tertiary/aromatic N) is 2. The molecule has 1 N–H and O–H groups in total. The third kappa shape index (κ3) is 3.50. The van der Waals surface area contributed by atoms with Gasteiger partial charge >= 0.3 is 0 Å². The van der Waals surface area contributed by atoms with Crippen LogP contribution in [0.3, 0.4) is 0 Å². The molecule has 1 unspecified atom stereocenters. The fourth-order valence-corrected chi connectivity index (χ4v) is 5.01. The van der Waals surface area contributed by atoms with Crippen LogP contribution < -0.4 is 5.32 Å². The quantitative estimate of drug-likeness (QED) is 0.887. The first-order valence-corrected chi connectivity index (χ1v) is 10.2. The van der Waals surface area contributed by atoms with Crippen LogP contribution in [0.1, 0.15) is 37.2 Å². The number of nitrogens with one attached hydrogen (secondary N) is 1. The molecular weight excluding hydrogens is 310 g/mol. The lowest BCUT2D eigenvalue weighted by molar-refractivity contribution is -0.00916. The number of rotatable bonds is 5. The topological polar surface area (TPSA) is 27.7 Å². The van der Waals surface area contributed by atoms with Crippen molar-refractivity contribution in [3.8, 4) is 0 Å². The highest BCUT2D eigenvalue weighted by atomic mass is 16.5. The van der Waals surface area contributed by atoms with E-state index in [1.54, 1.807) is 0 Å². The zero-order valence-corrected chi connectivity index (χ0v) is 15.1. The van der Waals surface area contributed by atoms with Crippen molar-refractivity contribution in [3.05, 3.63) is 35.9 Å². The Morgan fingerprint density at radius 2 is 1.72 bits per heavy atom. The summed E-state index contributed by atoms with van der Waals surface area (Å²) >= 11 is 0. The Bertz CT molecular complexity index is 560. The third-order valence-electron chi connectivity index (χ3n) is 6.83. The molecule has 3 atom stereocenters. The molecule has 3 saturated heterocycles. The van der Waals surface area contributed by atoms with Gasteiger partial charge < -0.3 is 10.1 Å². The van der Waals surface area contributed by atoms with Crippen LogP contribution in [0.15, 0.2) is 30.3 Å². The average Bonchev–Trinajstić information content (AvgIpc) is 3.17. The number of benzene rings is 1. The van der Waals surface area contributed by atoms with Gasteiger partial charge in [0.25, 0.3) is 0 Å². The van der Waals surface area contributed by atoms with Gasteiger partial charge in [-0.2, -0.15) is 0 Å². The Morgan fingerprint density at radius 3 is 2.44 bits per heavy atom. The largest absolute Gasteiger partial charge is 0.380 e. The standard InChI is InChI=1S/C21H31N3O/c1-2-4-16(5-3-1)20-12-21(20)22-17-6-9-23(10-7-17)19-13-24(14-19)18-8-11-25-15-18/h1-5,17-22H,6-15H2/t18?,20-,21+/m0/s1. The molecule has 4 aliphatic rings. The van der Waals surface area contributed by atoms with Crippen molar-refractivity contribution in [1.29, 1.82) is 0 Å². The third-order valence-corrected chi connectivity index (χ3v) is 6.83. The molecule has 1 aromatic rings. The van der Waals surface area contributed by atoms with Crippen molar-refractivity contribution >= 4 is 0 Å². The molecule has 1 saturated carbocycles. The molecule has 25 heavy (non-hydrogen) atoms. The first-order chi connectivity index (χ1) is 12.4. The maximum atomic E-state index is 5.53. The van der Waals surface area contributed by atoms with E-state index >= 15 is 0 Å². The normalized spacial score (nSPS) is 35.0. The minimum absolute atomic E-state index is 0.709. The van der Waals surface area contributed by atoms with Crippen molar-refractivity contribution in [2.24, 2.45) is 0 Å². The SMILES string of the molecule is c1ccc([C@@H]2C[C@H]2NC2CCN(C3CN(C4CCOC4)C3)CC2)cc1. The Balaban J connectivity index is 1.03. The molecule has 4 heteroatoms. The Morgan fingerprint density at radius 1 is 0.920 bits per heavy atom. The monoisotopic (exact) mass is 341 g/mol. The van der Waals surface area contributed by atoms with Crippen LogP contribution in [0, 0.1) is 0 Å². The summed E-state index contributed by atoms with van der Waals surface area (Å²) in [4.78, 5) is 5.38. The Kier molecular flexibility index (Phi) is 4.55. The second kappa shape index (κ2) is 6.99. The molecule has 1 aromatic carbocycles. The fraction of sp³-hybridized carbons (Fsp3) is 0.714. The number of hydrogen-bond donors (Lipinski definition) is 1. The van der Waals surface area contributed by atoms with Crippen molar-refractivity contribution in [1.82, 2.24) is 15.1 Å². The van der Waals surface area contributed by atoms with Gasteiger partial charge in [-0.05, 0) is 31.2 Å². The number of hydrogen-bond acceptors (Lipinski definition) is 4. The van der Waals surface area contributed by atoms with Gasteiger partial charge in [-0.3, -0.25) is 9.80 Å². The summed E-state index contributed by atoms with van der Waals surface area (Å²) in [6.45, 7) is 7.02. The van der Waals surface area contributed by atoms with E-state index in [0.29, 0.717) is 6.04 Å². The van der Waals surface area contributed by atoms with Gasteiger partial charge in [-0.1, -0.05) is 30.3 Å². The summed E-state index contributed by atoms with van der Waals surface area (Å²) in [7, 11) is 0. The van der Waals surface area contributed by atoms with E-state index < -0.39 is 0 Å². The molecule has 0 radical (unpaired) electrons. The summed E-state index contributed by atoms with van der Waals surface area (Å²) in [5.41, 5.74) is 1.52. The van der Waals surface area contributed by atoms with Crippen molar-refractivity contribution < 1.29 is 4.74 Å². The molecule has 4 nitrogen and oxygen atoms in total. The van der Waals surface area contributed by atoms with Crippen LogP contribution in [0.25, 0.3) is 0 Å². The smallest absolute Gasteiger partial charge is 0.0622 e. The van der Waals surface area contributed by atoms with E-state index in [4.69, 9.17) is 4.74 Å². The lowest BCUT2D eigenvalue weighted by Gasteiger charge is -2.49. The predicted molar refractivity (Wildman–Crippen MR) is 99.9 cm³/mol. The van der Waals surface area contributed by atoms with Gasteiger partial charge in [-0.25, -0.2) is 0 Å². The van der Waals surface area contributed by atoms with Gasteiger partial charge in [0.15, 0.2) is 0 Å². The lowest BCUT2D eigenvalue weighted by Crippen LogP contribution is -2.64. The molecular formula is C21H31N3O. The van der Waals surface area contributed by atoms with Gasteiger partial charge in [0, 0.05) is 62.9 Å². The molecule has 4 fully saturated rings. The first kappa shape index (κ1) is 16.2. The van der Waals surface area contributed by atoms with E-state index in [-0.39, 0.29) is 0 Å².